The van der Waals surface area contributed by atoms with Crippen LogP contribution in [0.3, 0.4) is 0 Å². The van der Waals surface area contributed by atoms with Crippen LogP contribution < -0.4 is 5.32 Å². The third-order valence-electron chi connectivity index (χ3n) is 4.47. The van der Waals surface area contributed by atoms with Crippen LogP contribution in [0.25, 0.3) is 0 Å². The molecule has 0 aromatic heterocycles. The van der Waals surface area contributed by atoms with E-state index in [4.69, 9.17) is 5.11 Å². The number of carbonyl (C=O) groups is 3. The SMILES string of the molecule is Cc1ccc(CN2CCC(NC(=O)c3cccc(C(=O)O)c3)C2=O)cc1. The topological polar surface area (TPSA) is 86.7 Å². The lowest BCUT2D eigenvalue weighted by molar-refractivity contribution is -0.129. The Morgan fingerprint density at radius 2 is 1.85 bits per heavy atom. The Hall–Kier alpha value is -3.15. The van der Waals surface area contributed by atoms with E-state index in [2.05, 4.69) is 5.32 Å². The van der Waals surface area contributed by atoms with Crippen molar-refractivity contribution < 1.29 is 19.5 Å². The van der Waals surface area contributed by atoms with Gasteiger partial charge in [0.25, 0.3) is 5.91 Å². The van der Waals surface area contributed by atoms with Crippen molar-refractivity contribution in [1.29, 1.82) is 0 Å². The van der Waals surface area contributed by atoms with Crippen molar-refractivity contribution in [1.82, 2.24) is 10.2 Å². The van der Waals surface area contributed by atoms with E-state index in [0.717, 1.165) is 11.1 Å². The Morgan fingerprint density at radius 3 is 2.54 bits per heavy atom. The van der Waals surface area contributed by atoms with E-state index >= 15 is 0 Å². The van der Waals surface area contributed by atoms with Gasteiger partial charge in [-0.15, -0.1) is 0 Å². The third kappa shape index (κ3) is 3.91. The van der Waals surface area contributed by atoms with Crippen LogP contribution in [-0.2, 0) is 11.3 Å². The second-order valence-electron chi connectivity index (χ2n) is 6.45. The van der Waals surface area contributed by atoms with Crippen LogP contribution in [0.2, 0.25) is 0 Å². The molecule has 1 saturated heterocycles. The Kier molecular flexibility index (Phi) is 5.02. The number of nitrogens with zero attached hydrogens (tertiary/aromatic N) is 1. The Balaban J connectivity index is 1.63. The van der Waals surface area contributed by atoms with E-state index in [1.54, 1.807) is 4.90 Å². The first kappa shape index (κ1) is 17.7. The van der Waals surface area contributed by atoms with Gasteiger partial charge in [0.15, 0.2) is 0 Å². The van der Waals surface area contributed by atoms with Gasteiger partial charge in [-0.25, -0.2) is 4.79 Å². The fourth-order valence-electron chi connectivity index (χ4n) is 2.98. The minimum absolute atomic E-state index is 0.0383. The summed E-state index contributed by atoms with van der Waals surface area (Å²) in [7, 11) is 0. The van der Waals surface area contributed by atoms with Crippen molar-refractivity contribution in [3.63, 3.8) is 0 Å². The zero-order valence-electron chi connectivity index (χ0n) is 14.4. The zero-order valence-corrected chi connectivity index (χ0v) is 14.4. The van der Waals surface area contributed by atoms with Crippen LogP contribution in [0.5, 0.6) is 0 Å². The van der Waals surface area contributed by atoms with E-state index < -0.39 is 17.9 Å². The summed E-state index contributed by atoms with van der Waals surface area (Å²) in [5, 5.41) is 11.7. The number of aromatic carboxylic acids is 1. The second-order valence-corrected chi connectivity index (χ2v) is 6.45. The molecule has 26 heavy (non-hydrogen) atoms. The molecule has 134 valence electrons. The van der Waals surface area contributed by atoms with Crippen molar-refractivity contribution in [3.05, 3.63) is 70.8 Å². The average Bonchev–Trinajstić information content (AvgIpc) is 2.97. The Morgan fingerprint density at radius 1 is 1.15 bits per heavy atom. The molecule has 1 fully saturated rings. The standard InChI is InChI=1S/C20H20N2O4/c1-13-5-7-14(8-6-13)12-22-10-9-17(19(22)24)21-18(23)15-3-2-4-16(11-15)20(25)26/h2-8,11,17H,9-10,12H2,1H3,(H,21,23)(H,25,26). The highest BCUT2D eigenvalue weighted by Crippen LogP contribution is 2.16. The summed E-state index contributed by atoms with van der Waals surface area (Å²) in [5.74, 6) is -1.65. The van der Waals surface area contributed by atoms with Crippen molar-refractivity contribution in [2.24, 2.45) is 0 Å². The highest BCUT2D eigenvalue weighted by atomic mass is 16.4. The van der Waals surface area contributed by atoms with Gasteiger partial charge in [0.2, 0.25) is 5.91 Å². The quantitative estimate of drug-likeness (QED) is 0.864. The van der Waals surface area contributed by atoms with Crippen LogP contribution in [0.4, 0.5) is 0 Å². The molecule has 1 atom stereocenters. The summed E-state index contributed by atoms with van der Waals surface area (Å²) in [6, 6.07) is 13.2. The Bertz CT molecular complexity index is 845. The summed E-state index contributed by atoms with van der Waals surface area (Å²) in [6.45, 7) is 3.10. The first-order valence-corrected chi connectivity index (χ1v) is 8.42. The summed E-state index contributed by atoms with van der Waals surface area (Å²) < 4.78 is 0. The number of amides is 2. The Labute approximate surface area is 151 Å². The van der Waals surface area contributed by atoms with E-state index in [9.17, 15) is 14.4 Å². The molecule has 2 N–H and O–H groups in total. The van der Waals surface area contributed by atoms with Gasteiger partial charge in [0.1, 0.15) is 6.04 Å². The van der Waals surface area contributed by atoms with Crippen LogP contribution >= 0.6 is 0 Å². The number of carboxylic acid groups (broad SMARTS) is 1. The zero-order chi connectivity index (χ0) is 18.7. The largest absolute Gasteiger partial charge is 0.478 e. The minimum atomic E-state index is -1.10. The van der Waals surface area contributed by atoms with Gasteiger partial charge in [0.05, 0.1) is 5.56 Å². The maximum Gasteiger partial charge on any atom is 0.335 e. The maximum atomic E-state index is 12.5. The number of carboxylic acids is 1. The first-order valence-electron chi connectivity index (χ1n) is 8.42. The lowest BCUT2D eigenvalue weighted by Gasteiger charge is -2.17. The van der Waals surface area contributed by atoms with Gasteiger partial charge >= 0.3 is 5.97 Å². The highest BCUT2D eigenvalue weighted by molar-refractivity contribution is 6.00. The van der Waals surface area contributed by atoms with Crippen molar-refractivity contribution in [2.45, 2.75) is 25.9 Å². The molecule has 6 nitrogen and oxygen atoms in total. The fourth-order valence-corrected chi connectivity index (χ4v) is 2.98. The number of nitrogens with one attached hydrogen (secondary N) is 1. The number of rotatable bonds is 5. The molecular formula is C20H20N2O4. The molecule has 2 aromatic carbocycles. The molecule has 0 aliphatic carbocycles. The minimum Gasteiger partial charge on any atom is -0.478 e. The summed E-state index contributed by atoms with van der Waals surface area (Å²) in [5.41, 5.74) is 2.48. The second kappa shape index (κ2) is 7.39. The lowest BCUT2D eigenvalue weighted by Crippen LogP contribution is -2.41. The fraction of sp³-hybridized carbons (Fsp3) is 0.250. The molecule has 0 spiro atoms. The summed E-state index contributed by atoms with van der Waals surface area (Å²) in [4.78, 5) is 37.6. The molecule has 0 saturated carbocycles. The number of aryl methyl sites for hydroxylation is 1. The molecule has 0 radical (unpaired) electrons. The van der Waals surface area contributed by atoms with Crippen LogP contribution in [-0.4, -0.2) is 40.4 Å². The average molecular weight is 352 g/mol. The predicted molar refractivity (Wildman–Crippen MR) is 95.9 cm³/mol. The molecule has 1 aliphatic heterocycles. The van der Waals surface area contributed by atoms with Crippen LogP contribution in [0.1, 0.15) is 38.3 Å². The predicted octanol–water partition coefficient (Wildman–Crippen LogP) is 2.22. The number of hydrogen-bond acceptors (Lipinski definition) is 3. The van der Waals surface area contributed by atoms with Crippen molar-refractivity contribution >= 4 is 17.8 Å². The molecule has 2 aromatic rings. The third-order valence-corrected chi connectivity index (χ3v) is 4.47. The smallest absolute Gasteiger partial charge is 0.335 e. The lowest BCUT2D eigenvalue weighted by atomic mass is 10.1. The number of likely N-dealkylation sites (tertiary alicyclic amines) is 1. The van der Waals surface area contributed by atoms with E-state index in [0.29, 0.717) is 19.5 Å². The van der Waals surface area contributed by atoms with Gasteiger partial charge in [-0.1, -0.05) is 35.9 Å². The van der Waals surface area contributed by atoms with Crippen LogP contribution in [0.15, 0.2) is 48.5 Å². The molecule has 1 unspecified atom stereocenters. The molecule has 0 bridgehead atoms. The number of carbonyl (C=O) groups excluding carboxylic acids is 2. The molecule has 1 aliphatic rings. The van der Waals surface area contributed by atoms with Crippen molar-refractivity contribution in [2.75, 3.05) is 6.54 Å². The molecule has 3 rings (SSSR count). The normalized spacial score (nSPS) is 16.6. The highest BCUT2D eigenvalue weighted by Gasteiger charge is 2.32. The molecule has 2 amide bonds. The van der Waals surface area contributed by atoms with Crippen molar-refractivity contribution in [3.8, 4) is 0 Å². The number of benzene rings is 2. The summed E-state index contributed by atoms with van der Waals surface area (Å²) >= 11 is 0. The number of hydrogen-bond donors (Lipinski definition) is 2. The van der Waals surface area contributed by atoms with Gasteiger partial charge < -0.3 is 15.3 Å². The molecule has 1 heterocycles. The summed E-state index contributed by atoms with van der Waals surface area (Å²) in [6.07, 6.45) is 0.537. The van der Waals surface area contributed by atoms with Gasteiger partial charge in [-0.05, 0) is 37.1 Å². The maximum absolute atomic E-state index is 12.5. The van der Waals surface area contributed by atoms with Gasteiger partial charge in [-0.3, -0.25) is 9.59 Å². The van der Waals surface area contributed by atoms with E-state index in [1.807, 2.05) is 31.2 Å². The first-order chi connectivity index (χ1) is 12.4. The van der Waals surface area contributed by atoms with Gasteiger partial charge in [0, 0.05) is 18.7 Å². The molecular weight excluding hydrogens is 332 g/mol. The van der Waals surface area contributed by atoms with E-state index in [-0.39, 0.29) is 17.0 Å². The van der Waals surface area contributed by atoms with Crippen LogP contribution in [0, 0.1) is 6.92 Å². The molecule has 6 heteroatoms. The van der Waals surface area contributed by atoms with Gasteiger partial charge in [-0.2, -0.15) is 0 Å². The monoisotopic (exact) mass is 352 g/mol. The van der Waals surface area contributed by atoms with E-state index in [1.165, 1.54) is 24.3 Å².